The average Bonchev–Trinajstić information content (AvgIpc) is 2.82. The first-order chi connectivity index (χ1) is 11.1. The third-order valence-corrected chi connectivity index (χ3v) is 3.44. The highest BCUT2D eigenvalue weighted by Crippen LogP contribution is 2.25. The second-order valence-electron chi connectivity index (χ2n) is 5.21. The van der Waals surface area contributed by atoms with Crippen LogP contribution in [0.2, 0.25) is 0 Å². The highest BCUT2D eigenvalue weighted by molar-refractivity contribution is 6.01. The Balaban J connectivity index is 2.06. The van der Waals surface area contributed by atoms with E-state index in [1.807, 2.05) is 12.1 Å². The Morgan fingerprint density at radius 3 is 2.87 bits per heavy atom. The first-order valence-corrected chi connectivity index (χ1v) is 7.37. The van der Waals surface area contributed by atoms with E-state index in [0.717, 1.165) is 24.8 Å². The van der Waals surface area contributed by atoms with Crippen molar-refractivity contribution in [3.63, 3.8) is 0 Å². The van der Waals surface area contributed by atoms with Gasteiger partial charge in [-0.1, -0.05) is 24.3 Å². The van der Waals surface area contributed by atoms with Crippen molar-refractivity contribution in [1.29, 1.82) is 5.26 Å². The lowest BCUT2D eigenvalue weighted by molar-refractivity contribution is -0.116. The number of phenolic OH excluding ortho intramolecular Hbond substituents is 2. The molecule has 1 amide bonds. The molecule has 3 N–H and O–H groups in total. The largest absolute Gasteiger partial charge is 0.504 e. The zero-order chi connectivity index (χ0) is 16.7. The average molecular weight is 310 g/mol. The van der Waals surface area contributed by atoms with Gasteiger partial charge in [0.15, 0.2) is 11.5 Å². The molecule has 2 rings (SSSR count). The Labute approximate surface area is 134 Å². The number of hydrogen-bond acceptors (Lipinski definition) is 4. The van der Waals surface area contributed by atoms with E-state index in [0.29, 0.717) is 12.1 Å². The number of carbonyl (C=O) groups excluding carboxylic acids is 1. The minimum Gasteiger partial charge on any atom is -0.504 e. The van der Waals surface area contributed by atoms with Crippen molar-refractivity contribution in [2.45, 2.75) is 19.3 Å². The first-order valence-electron chi connectivity index (χ1n) is 7.37. The molecule has 1 aliphatic rings. The fraction of sp³-hybridized carbons (Fsp3) is 0.222. The molecular formula is C18H18N2O3. The Kier molecular flexibility index (Phi) is 5.59. The monoisotopic (exact) mass is 310 g/mol. The second kappa shape index (κ2) is 7.85. The van der Waals surface area contributed by atoms with Crippen LogP contribution in [0.1, 0.15) is 24.8 Å². The lowest BCUT2D eigenvalue weighted by atomic mass is 10.1. The molecule has 5 heteroatoms. The van der Waals surface area contributed by atoms with Crippen molar-refractivity contribution in [3.05, 3.63) is 53.1 Å². The number of carbonyl (C=O) groups is 1. The van der Waals surface area contributed by atoms with E-state index in [2.05, 4.69) is 17.5 Å². The number of aromatic hydroxyl groups is 2. The summed E-state index contributed by atoms with van der Waals surface area (Å²) >= 11 is 0. The zero-order valence-electron chi connectivity index (χ0n) is 12.6. The summed E-state index contributed by atoms with van der Waals surface area (Å²) in [6.45, 7) is 0.370. The molecule has 0 spiro atoms. The number of amides is 1. The molecule has 118 valence electrons. The van der Waals surface area contributed by atoms with Crippen LogP contribution in [0, 0.1) is 11.3 Å². The van der Waals surface area contributed by atoms with Gasteiger partial charge in [0.25, 0.3) is 5.91 Å². The molecule has 0 fully saturated rings. The van der Waals surface area contributed by atoms with Gasteiger partial charge in [0.1, 0.15) is 11.6 Å². The summed E-state index contributed by atoms with van der Waals surface area (Å²) in [6, 6.07) is 5.95. The smallest absolute Gasteiger partial charge is 0.262 e. The van der Waals surface area contributed by atoms with Crippen LogP contribution in [-0.4, -0.2) is 22.7 Å². The number of benzene rings is 1. The molecule has 0 unspecified atom stereocenters. The summed E-state index contributed by atoms with van der Waals surface area (Å²) in [4.78, 5) is 12.1. The summed E-state index contributed by atoms with van der Waals surface area (Å²) < 4.78 is 0. The molecule has 1 aromatic rings. The molecule has 0 bridgehead atoms. The van der Waals surface area contributed by atoms with Crippen molar-refractivity contribution in [2.24, 2.45) is 0 Å². The van der Waals surface area contributed by atoms with E-state index in [-0.39, 0.29) is 17.1 Å². The molecule has 0 heterocycles. The minimum absolute atomic E-state index is 0.0618. The predicted molar refractivity (Wildman–Crippen MR) is 87.4 cm³/mol. The Morgan fingerprint density at radius 1 is 1.30 bits per heavy atom. The normalized spacial score (nSPS) is 14.6. The molecule has 0 radical (unpaired) electrons. The standard InChI is InChI=1S/C18H18N2O3/c19-11-15(9-14-7-8-16(21)17(22)10-14)18(23)20-12-13-5-3-1-2-4-6-13/h3,5-10,21-22H,1-2,4,12H2,(H,20,23)/b15-9+. The van der Waals surface area contributed by atoms with E-state index >= 15 is 0 Å². The zero-order valence-corrected chi connectivity index (χ0v) is 12.6. The third kappa shape index (κ3) is 4.75. The number of nitrogens with zero attached hydrogens (tertiary/aromatic N) is 1. The number of nitrogens with one attached hydrogen (secondary N) is 1. The van der Waals surface area contributed by atoms with Crippen LogP contribution >= 0.6 is 0 Å². The van der Waals surface area contributed by atoms with Crippen molar-refractivity contribution in [1.82, 2.24) is 5.32 Å². The van der Waals surface area contributed by atoms with E-state index in [1.165, 1.54) is 24.3 Å². The van der Waals surface area contributed by atoms with Gasteiger partial charge in [-0.2, -0.15) is 5.26 Å². The van der Waals surface area contributed by atoms with Gasteiger partial charge in [-0.05, 0) is 48.6 Å². The van der Waals surface area contributed by atoms with Gasteiger partial charge in [-0.15, -0.1) is 0 Å². The van der Waals surface area contributed by atoms with Crippen LogP contribution in [0.15, 0.2) is 47.6 Å². The Hall–Kier alpha value is -3.00. The number of rotatable bonds is 4. The SMILES string of the molecule is N#C/C(=C\c1ccc(O)c(O)c1)C(=O)NCC1=CCCCC=C1. The summed E-state index contributed by atoms with van der Waals surface area (Å²) in [6.07, 6.45) is 10.6. The van der Waals surface area contributed by atoms with Gasteiger partial charge >= 0.3 is 0 Å². The summed E-state index contributed by atoms with van der Waals surface area (Å²) in [5.41, 5.74) is 1.42. The number of allylic oxidation sites excluding steroid dienone is 2. The molecule has 0 saturated heterocycles. The molecule has 0 aliphatic heterocycles. The van der Waals surface area contributed by atoms with Crippen LogP contribution in [0.3, 0.4) is 0 Å². The Morgan fingerprint density at radius 2 is 2.13 bits per heavy atom. The van der Waals surface area contributed by atoms with Crippen LogP contribution < -0.4 is 5.32 Å². The van der Waals surface area contributed by atoms with Gasteiger partial charge in [0.05, 0.1) is 0 Å². The number of nitriles is 1. The lowest BCUT2D eigenvalue weighted by Crippen LogP contribution is -2.26. The molecule has 0 atom stereocenters. The number of phenols is 2. The highest BCUT2D eigenvalue weighted by Gasteiger charge is 2.10. The third-order valence-electron chi connectivity index (χ3n) is 3.44. The molecule has 0 aromatic heterocycles. The molecule has 23 heavy (non-hydrogen) atoms. The molecule has 0 saturated carbocycles. The van der Waals surface area contributed by atoms with Crippen LogP contribution in [0.25, 0.3) is 6.08 Å². The van der Waals surface area contributed by atoms with E-state index in [1.54, 1.807) is 0 Å². The topological polar surface area (TPSA) is 93.3 Å². The minimum atomic E-state index is -0.474. The maximum absolute atomic E-state index is 12.1. The van der Waals surface area contributed by atoms with Crippen molar-refractivity contribution >= 4 is 12.0 Å². The van der Waals surface area contributed by atoms with Gasteiger partial charge < -0.3 is 15.5 Å². The maximum atomic E-state index is 12.1. The highest BCUT2D eigenvalue weighted by atomic mass is 16.3. The van der Waals surface area contributed by atoms with Gasteiger partial charge in [-0.25, -0.2) is 0 Å². The summed E-state index contributed by atoms with van der Waals surface area (Å²) in [7, 11) is 0. The van der Waals surface area contributed by atoms with Crippen molar-refractivity contribution < 1.29 is 15.0 Å². The maximum Gasteiger partial charge on any atom is 0.262 e. The molecule has 1 aliphatic carbocycles. The van der Waals surface area contributed by atoms with E-state index < -0.39 is 5.91 Å². The molecule has 5 nitrogen and oxygen atoms in total. The van der Waals surface area contributed by atoms with Crippen molar-refractivity contribution in [2.75, 3.05) is 6.54 Å². The van der Waals surface area contributed by atoms with Gasteiger partial charge in [0, 0.05) is 6.54 Å². The quantitative estimate of drug-likeness (QED) is 0.453. The van der Waals surface area contributed by atoms with E-state index in [9.17, 15) is 15.0 Å². The van der Waals surface area contributed by atoms with Crippen molar-refractivity contribution in [3.8, 4) is 17.6 Å². The van der Waals surface area contributed by atoms with Crippen LogP contribution in [0.5, 0.6) is 11.5 Å². The molecule has 1 aromatic carbocycles. The first kappa shape index (κ1) is 16.4. The predicted octanol–water partition coefficient (Wildman–Crippen LogP) is 2.79. The summed E-state index contributed by atoms with van der Waals surface area (Å²) in [5.74, 6) is -1.03. The Bertz CT molecular complexity index is 724. The fourth-order valence-electron chi connectivity index (χ4n) is 2.18. The van der Waals surface area contributed by atoms with Crippen LogP contribution in [-0.2, 0) is 4.79 Å². The second-order valence-corrected chi connectivity index (χ2v) is 5.21. The fourth-order valence-corrected chi connectivity index (χ4v) is 2.18. The number of hydrogen-bond donors (Lipinski definition) is 3. The molecular weight excluding hydrogens is 292 g/mol. The van der Waals surface area contributed by atoms with Gasteiger partial charge in [0.2, 0.25) is 0 Å². The van der Waals surface area contributed by atoms with E-state index in [4.69, 9.17) is 5.26 Å². The summed E-state index contributed by atoms with van der Waals surface area (Å²) in [5, 5.41) is 30.6. The van der Waals surface area contributed by atoms with Gasteiger partial charge in [-0.3, -0.25) is 4.79 Å². The lowest BCUT2D eigenvalue weighted by Gasteiger charge is -2.05. The van der Waals surface area contributed by atoms with Crippen LogP contribution in [0.4, 0.5) is 0 Å².